The molecule has 3 nitrogen and oxygen atoms in total. The highest BCUT2D eigenvalue weighted by molar-refractivity contribution is 6.21. The fourth-order valence-electron chi connectivity index (χ4n) is 8.41. The van der Waals surface area contributed by atoms with Crippen LogP contribution in [0.4, 0.5) is 17.1 Å². The van der Waals surface area contributed by atoms with E-state index >= 15 is 0 Å². The van der Waals surface area contributed by atoms with Crippen molar-refractivity contribution in [3.8, 4) is 27.9 Å². The first kappa shape index (κ1) is 31.2. The van der Waals surface area contributed by atoms with E-state index in [0.29, 0.717) is 0 Å². The molecule has 3 heteroatoms. The van der Waals surface area contributed by atoms with Gasteiger partial charge in [-0.25, -0.2) is 0 Å². The number of benzene rings is 9. The molecule has 0 aliphatic heterocycles. The Morgan fingerprint density at radius 3 is 1.71 bits per heavy atom. The Morgan fingerprint density at radius 2 is 0.945 bits per heavy atom. The van der Waals surface area contributed by atoms with Gasteiger partial charge in [0.2, 0.25) is 0 Å². The summed E-state index contributed by atoms with van der Waals surface area (Å²) in [5, 5.41) is 7.03. The monoisotopic (exact) mass is 702 g/mol. The van der Waals surface area contributed by atoms with Gasteiger partial charge in [-0.2, -0.15) is 0 Å². The number of furan rings is 1. The minimum Gasteiger partial charge on any atom is -0.455 e. The number of fused-ring (bicyclic) bond motifs is 8. The third kappa shape index (κ3) is 5.13. The van der Waals surface area contributed by atoms with E-state index in [-0.39, 0.29) is 0 Å². The van der Waals surface area contributed by atoms with Crippen LogP contribution in [0, 0.1) is 0 Å². The van der Waals surface area contributed by atoms with Crippen molar-refractivity contribution in [1.29, 1.82) is 0 Å². The van der Waals surface area contributed by atoms with Gasteiger partial charge in [0.15, 0.2) is 0 Å². The van der Waals surface area contributed by atoms with Crippen molar-refractivity contribution in [2.75, 3.05) is 4.90 Å². The molecule has 0 saturated heterocycles. The van der Waals surface area contributed by atoms with Crippen LogP contribution >= 0.6 is 0 Å². The molecule has 258 valence electrons. The summed E-state index contributed by atoms with van der Waals surface area (Å²) in [6.07, 6.45) is 0. The number of para-hydroxylation sites is 3. The van der Waals surface area contributed by atoms with Gasteiger partial charge >= 0.3 is 0 Å². The smallest absolute Gasteiger partial charge is 0.143 e. The van der Waals surface area contributed by atoms with E-state index in [1.165, 1.54) is 27.4 Å². The van der Waals surface area contributed by atoms with E-state index < -0.39 is 0 Å². The molecule has 0 amide bonds. The lowest BCUT2D eigenvalue weighted by Gasteiger charge is -2.26. The van der Waals surface area contributed by atoms with Crippen LogP contribution in [0.25, 0.3) is 82.5 Å². The normalized spacial score (nSPS) is 11.6. The Labute approximate surface area is 318 Å². The van der Waals surface area contributed by atoms with Crippen molar-refractivity contribution in [3.63, 3.8) is 0 Å². The van der Waals surface area contributed by atoms with Gasteiger partial charge in [-0.15, -0.1) is 0 Å². The molecule has 55 heavy (non-hydrogen) atoms. The van der Waals surface area contributed by atoms with Gasteiger partial charge < -0.3 is 13.9 Å². The Morgan fingerprint density at radius 1 is 0.382 bits per heavy atom. The molecule has 0 saturated carbocycles. The van der Waals surface area contributed by atoms with Gasteiger partial charge in [0.1, 0.15) is 11.2 Å². The quantitative estimate of drug-likeness (QED) is 0.172. The molecule has 0 aliphatic carbocycles. The molecule has 2 heterocycles. The summed E-state index contributed by atoms with van der Waals surface area (Å²) in [6, 6.07) is 73.9. The molecule has 0 fully saturated rings. The molecule has 0 radical (unpaired) electrons. The summed E-state index contributed by atoms with van der Waals surface area (Å²) in [5.74, 6) is 0. The summed E-state index contributed by atoms with van der Waals surface area (Å²) in [5.41, 5.74) is 13.3. The predicted molar refractivity (Wildman–Crippen MR) is 231 cm³/mol. The maximum atomic E-state index is 6.54. The minimum atomic E-state index is 0.903. The number of rotatable bonds is 6. The molecule has 0 spiro atoms. The molecule has 0 unspecified atom stereocenters. The molecule has 0 atom stereocenters. The van der Waals surface area contributed by atoms with Crippen molar-refractivity contribution >= 4 is 71.6 Å². The van der Waals surface area contributed by atoms with Gasteiger partial charge in [-0.05, 0) is 94.4 Å². The summed E-state index contributed by atoms with van der Waals surface area (Å²) in [6.45, 7) is 0. The lowest BCUT2D eigenvalue weighted by atomic mass is 9.95. The average molecular weight is 703 g/mol. The summed E-state index contributed by atoms with van der Waals surface area (Å²) in [4.78, 5) is 2.37. The van der Waals surface area contributed by atoms with Crippen LogP contribution in [-0.4, -0.2) is 4.57 Å². The van der Waals surface area contributed by atoms with Crippen LogP contribution in [0.1, 0.15) is 0 Å². The van der Waals surface area contributed by atoms with E-state index in [1.807, 2.05) is 6.07 Å². The molecule has 0 N–H and O–H groups in total. The maximum absolute atomic E-state index is 6.54. The Kier molecular flexibility index (Phi) is 7.17. The van der Waals surface area contributed by atoms with Gasteiger partial charge in [-0.1, -0.05) is 140 Å². The first-order chi connectivity index (χ1) is 27.3. The number of nitrogens with zero attached hydrogens (tertiary/aromatic N) is 2. The van der Waals surface area contributed by atoms with Crippen molar-refractivity contribution in [2.45, 2.75) is 0 Å². The van der Waals surface area contributed by atoms with Crippen LogP contribution in [0.15, 0.2) is 211 Å². The van der Waals surface area contributed by atoms with Crippen molar-refractivity contribution in [1.82, 2.24) is 4.57 Å². The van der Waals surface area contributed by atoms with Crippen LogP contribution in [0.3, 0.4) is 0 Å². The SMILES string of the molecule is c1ccc(-c2ccc(N(c3ccc(-c4cc5ccccc5c5oc6ccccc6c45)cc3)c3ccc4c5ccccc5n(-c5ccccc5)c4c3)cc2)cc1. The van der Waals surface area contributed by atoms with Crippen LogP contribution in [0.2, 0.25) is 0 Å². The first-order valence-corrected chi connectivity index (χ1v) is 18.8. The molecular formula is C52H34N2O. The third-order valence-corrected chi connectivity index (χ3v) is 11.0. The van der Waals surface area contributed by atoms with Crippen molar-refractivity contribution in [3.05, 3.63) is 206 Å². The predicted octanol–water partition coefficient (Wildman–Crippen LogP) is 14.6. The third-order valence-electron chi connectivity index (χ3n) is 11.0. The molecular weight excluding hydrogens is 669 g/mol. The Hall–Kier alpha value is -7.36. The topological polar surface area (TPSA) is 21.3 Å². The number of aromatic nitrogens is 1. The zero-order valence-corrected chi connectivity index (χ0v) is 29.9. The standard InChI is InChI=1S/C52H34N2O/c1-3-13-35(14-4-1)36-23-27-40(28-24-36)53(42-31-32-45-44-19-9-11-21-48(44)54(49(45)34-42)39-16-5-2-6-17-39)41-29-25-37(26-30-41)47-33-38-15-7-8-18-43(38)52-51(47)46-20-10-12-22-50(46)55-52/h1-34H. The van der Waals surface area contributed by atoms with Gasteiger partial charge in [0.25, 0.3) is 0 Å². The lowest BCUT2D eigenvalue weighted by Crippen LogP contribution is -2.10. The van der Waals surface area contributed by atoms with E-state index in [9.17, 15) is 0 Å². The molecule has 2 aromatic heterocycles. The van der Waals surface area contributed by atoms with Crippen LogP contribution < -0.4 is 4.90 Å². The highest BCUT2D eigenvalue weighted by Gasteiger charge is 2.20. The van der Waals surface area contributed by atoms with Crippen LogP contribution in [0.5, 0.6) is 0 Å². The number of hydrogen-bond acceptors (Lipinski definition) is 2. The van der Waals surface area contributed by atoms with Gasteiger partial charge in [0.05, 0.1) is 11.0 Å². The summed E-state index contributed by atoms with van der Waals surface area (Å²) < 4.78 is 8.92. The fourth-order valence-corrected chi connectivity index (χ4v) is 8.41. The van der Waals surface area contributed by atoms with Gasteiger partial charge in [-0.3, -0.25) is 0 Å². The zero-order chi connectivity index (χ0) is 36.3. The molecule has 11 rings (SSSR count). The second-order valence-electron chi connectivity index (χ2n) is 14.1. The number of anilines is 3. The zero-order valence-electron chi connectivity index (χ0n) is 29.9. The highest BCUT2D eigenvalue weighted by atomic mass is 16.3. The first-order valence-electron chi connectivity index (χ1n) is 18.8. The second-order valence-corrected chi connectivity index (χ2v) is 14.1. The molecule has 0 bridgehead atoms. The molecule has 0 aliphatic rings. The second kappa shape index (κ2) is 12.6. The van der Waals surface area contributed by atoms with E-state index in [2.05, 4.69) is 210 Å². The molecule has 9 aromatic carbocycles. The molecule has 11 aromatic rings. The average Bonchev–Trinajstić information content (AvgIpc) is 3.81. The highest BCUT2D eigenvalue weighted by Crippen LogP contribution is 2.44. The number of hydrogen-bond donors (Lipinski definition) is 0. The Bertz CT molecular complexity index is 3180. The summed E-state index contributed by atoms with van der Waals surface area (Å²) >= 11 is 0. The lowest BCUT2D eigenvalue weighted by molar-refractivity contribution is 0.673. The van der Waals surface area contributed by atoms with E-state index in [1.54, 1.807) is 0 Å². The fraction of sp³-hybridized carbons (Fsp3) is 0. The van der Waals surface area contributed by atoms with Gasteiger partial charge in [0, 0.05) is 49.7 Å². The summed E-state index contributed by atoms with van der Waals surface area (Å²) in [7, 11) is 0. The van der Waals surface area contributed by atoms with Crippen LogP contribution in [-0.2, 0) is 0 Å². The maximum Gasteiger partial charge on any atom is 0.143 e. The largest absolute Gasteiger partial charge is 0.455 e. The minimum absolute atomic E-state index is 0.903. The van der Waals surface area contributed by atoms with Crippen molar-refractivity contribution < 1.29 is 4.42 Å². The Balaban J connectivity index is 1.10. The van der Waals surface area contributed by atoms with Crippen molar-refractivity contribution in [2.24, 2.45) is 0 Å². The van der Waals surface area contributed by atoms with E-state index in [4.69, 9.17) is 4.42 Å². The van der Waals surface area contributed by atoms with E-state index in [0.717, 1.165) is 72.1 Å².